The highest BCUT2D eigenvalue weighted by Crippen LogP contribution is 1.92. The van der Waals surface area contributed by atoms with E-state index in [4.69, 9.17) is 0 Å². The number of allylic oxidation sites excluding steroid dienone is 5. The van der Waals surface area contributed by atoms with E-state index in [1.54, 1.807) is 14.2 Å². The summed E-state index contributed by atoms with van der Waals surface area (Å²) in [7, 11) is 3.25. The highest BCUT2D eigenvalue weighted by molar-refractivity contribution is 5.18. The van der Waals surface area contributed by atoms with Gasteiger partial charge in [0.25, 0.3) is 0 Å². The van der Waals surface area contributed by atoms with E-state index in [1.165, 1.54) is 12.0 Å². The summed E-state index contributed by atoms with van der Waals surface area (Å²) in [5, 5.41) is 0. The van der Waals surface area contributed by atoms with Gasteiger partial charge in [-0.1, -0.05) is 56.2 Å². The molecule has 0 aliphatic heterocycles. The third-order valence-electron chi connectivity index (χ3n) is 0.810. The first kappa shape index (κ1) is 19.7. The summed E-state index contributed by atoms with van der Waals surface area (Å²) in [6.45, 7) is 14.1. The molecule has 0 bridgehead atoms. The van der Waals surface area contributed by atoms with Crippen molar-refractivity contribution < 1.29 is 4.74 Å². The Labute approximate surface area is 96.5 Å². The lowest BCUT2D eigenvalue weighted by Crippen LogP contribution is -1.61. The Bertz CT molecular complexity index is 170. The highest BCUT2D eigenvalue weighted by Gasteiger charge is 1.71. The Balaban J connectivity index is -0.000000200. The maximum atomic E-state index is 4.25. The Morgan fingerprint density at radius 3 is 1.67 bits per heavy atom. The van der Waals surface area contributed by atoms with E-state index in [2.05, 4.69) is 45.1 Å². The van der Waals surface area contributed by atoms with E-state index in [9.17, 15) is 0 Å². The van der Waals surface area contributed by atoms with Crippen LogP contribution in [0.25, 0.3) is 0 Å². The monoisotopic (exact) mass is 212 g/mol. The van der Waals surface area contributed by atoms with Gasteiger partial charge >= 0.3 is 0 Å². The molecule has 1 heteroatoms. The van der Waals surface area contributed by atoms with Crippen molar-refractivity contribution >= 4 is 0 Å². The average molecular weight is 212 g/mol. The van der Waals surface area contributed by atoms with Crippen molar-refractivity contribution in [2.75, 3.05) is 14.2 Å². The van der Waals surface area contributed by atoms with Crippen molar-refractivity contribution in [3.05, 3.63) is 36.0 Å². The van der Waals surface area contributed by atoms with Gasteiger partial charge in [-0.2, -0.15) is 0 Å². The molecule has 15 heavy (non-hydrogen) atoms. The van der Waals surface area contributed by atoms with Gasteiger partial charge in [-0.15, -0.1) is 0 Å². The standard InChI is InChI=1S/C9H14.C3H8.C2H6O/c1-8(2)6-5-7-9(3)4;2*1-3-2/h5-7H,1H2,2-4H3;3H2,1-2H3;1-2H3/b6-5-;;. The summed E-state index contributed by atoms with van der Waals surface area (Å²) >= 11 is 0. The summed E-state index contributed by atoms with van der Waals surface area (Å²) in [5.41, 5.74) is 2.40. The molecule has 0 aliphatic carbocycles. The number of methoxy groups -OCH3 is 1. The van der Waals surface area contributed by atoms with Gasteiger partial charge in [0, 0.05) is 14.2 Å². The van der Waals surface area contributed by atoms with E-state index in [0.717, 1.165) is 5.57 Å². The SMILES string of the molecule is C=C(C)/C=C\C=C(C)C.CCC.COC. The van der Waals surface area contributed by atoms with Crippen LogP contribution in [0.4, 0.5) is 0 Å². The van der Waals surface area contributed by atoms with Gasteiger partial charge in [-0.25, -0.2) is 0 Å². The molecule has 0 aromatic rings. The molecule has 0 saturated heterocycles. The zero-order valence-electron chi connectivity index (χ0n) is 11.6. The third-order valence-corrected chi connectivity index (χ3v) is 0.810. The predicted molar refractivity (Wildman–Crippen MR) is 72.3 cm³/mol. The molecule has 0 heterocycles. The minimum Gasteiger partial charge on any atom is -0.388 e. The molecule has 0 unspecified atom stereocenters. The number of hydrogen-bond donors (Lipinski definition) is 0. The Hall–Kier alpha value is -0.820. The minimum atomic E-state index is 1.09. The molecule has 0 rings (SSSR count). The van der Waals surface area contributed by atoms with Crippen molar-refractivity contribution in [2.45, 2.75) is 41.0 Å². The fourth-order valence-electron chi connectivity index (χ4n) is 0.405. The first-order chi connectivity index (χ1) is 6.95. The maximum absolute atomic E-state index is 4.25. The van der Waals surface area contributed by atoms with Crippen molar-refractivity contribution in [1.82, 2.24) is 0 Å². The topological polar surface area (TPSA) is 9.23 Å². The maximum Gasteiger partial charge on any atom is 0.0351 e. The molecule has 0 aromatic carbocycles. The molecule has 0 amide bonds. The lowest BCUT2D eigenvalue weighted by Gasteiger charge is -1.83. The van der Waals surface area contributed by atoms with E-state index >= 15 is 0 Å². The molecule has 0 N–H and O–H groups in total. The first-order valence-electron chi connectivity index (χ1n) is 5.33. The van der Waals surface area contributed by atoms with Crippen molar-refractivity contribution in [1.29, 1.82) is 0 Å². The summed E-state index contributed by atoms with van der Waals surface area (Å²) in [5.74, 6) is 0. The summed E-state index contributed by atoms with van der Waals surface area (Å²) in [6, 6.07) is 0. The number of ether oxygens (including phenoxy) is 1. The predicted octanol–water partition coefficient (Wildman–Crippen LogP) is 4.76. The second kappa shape index (κ2) is 18.9. The van der Waals surface area contributed by atoms with Crippen LogP contribution in [-0.4, -0.2) is 14.2 Å². The van der Waals surface area contributed by atoms with Crippen LogP contribution in [0.2, 0.25) is 0 Å². The molecule has 0 radical (unpaired) electrons. The second-order valence-electron chi connectivity index (χ2n) is 3.56. The van der Waals surface area contributed by atoms with Crippen molar-refractivity contribution in [3.63, 3.8) is 0 Å². The first-order valence-corrected chi connectivity index (χ1v) is 5.33. The molecule has 0 aliphatic rings. The van der Waals surface area contributed by atoms with Gasteiger partial charge in [-0.05, 0) is 20.8 Å². The van der Waals surface area contributed by atoms with Gasteiger partial charge in [0.05, 0.1) is 0 Å². The Morgan fingerprint density at radius 2 is 1.47 bits per heavy atom. The second-order valence-corrected chi connectivity index (χ2v) is 3.56. The molecule has 90 valence electrons. The highest BCUT2D eigenvalue weighted by atomic mass is 16.4. The van der Waals surface area contributed by atoms with E-state index < -0.39 is 0 Å². The number of hydrogen-bond acceptors (Lipinski definition) is 1. The van der Waals surface area contributed by atoms with E-state index in [0.29, 0.717) is 0 Å². The van der Waals surface area contributed by atoms with Gasteiger partial charge in [0.1, 0.15) is 0 Å². The van der Waals surface area contributed by atoms with Crippen LogP contribution in [0.3, 0.4) is 0 Å². The van der Waals surface area contributed by atoms with Crippen molar-refractivity contribution in [2.24, 2.45) is 0 Å². The summed E-state index contributed by atoms with van der Waals surface area (Å²) in [4.78, 5) is 0. The van der Waals surface area contributed by atoms with Crippen LogP contribution in [-0.2, 0) is 4.74 Å². The van der Waals surface area contributed by atoms with Gasteiger partial charge in [0.2, 0.25) is 0 Å². The van der Waals surface area contributed by atoms with Crippen LogP contribution in [0.15, 0.2) is 36.0 Å². The Kier molecular flexibility index (Phi) is 24.8. The van der Waals surface area contributed by atoms with E-state index in [1.807, 2.05) is 19.1 Å². The van der Waals surface area contributed by atoms with Crippen LogP contribution in [0.5, 0.6) is 0 Å². The molecular formula is C14H28O. The summed E-state index contributed by atoms with van der Waals surface area (Å²) in [6.07, 6.45) is 7.32. The lowest BCUT2D eigenvalue weighted by atomic mass is 10.2. The van der Waals surface area contributed by atoms with Crippen LogP contribution in [0.1, 0.15) is 41.0 Å². The Morgan fingerprint density at radius 1 is 1.13 bits per heavy atom. The van der Waals surface area contributed by atoms with Gasteiger partial charge < -0.3 is 4.74 Å². The molecule has 0 atom stereocenters. The summed E-state index contributed by atoms with van der Waals surface area (Å²) < 4.78 is 4.25. The van der Waals surface area contributed by atoms with Crippen LogP contribution >= 0.6 is 0 Å². The van der Waals surface area contributed by atoms with Gasteiger partial charge in [-0.3, -0.25) is 0 Å². The number of rotatable bonds is 2. The molecule has 0 spiro atoms. The normalized spacial score (nSPS) is 8.20. The van der Waals surface area contributed by atoms with Gasteiger partial charge in [0.15, 0.2) is 0 Å². The molecule has 0 saturated carbocycles. The molecule has 0 fully saturated rings. The zero-order valence-corrected chi connectivity index (χ0v) is 11.6. The zero-order chi connectivity index (χ0) is 12.7. The minimum absolute atomic E-state index is 1.09. The molecular weight excluding hydrogens is 184 g/mol. The van der Waals surface area contributed by atoms with Crippen LogP contribution in [0, 0.1) is 0 Å². The lowest BCUT2D eigenvalue weighted by molar-refractivity contribution is 0.277. The molecule has 1 nitrogen and oxygen atoms in total. The fraction of sp³-hybridized carbons (Fsp3) is 0.571. The van der Waals surface area contributed by atoms with Crippen LogP contribution < -0.4 is 0 Å². The fourth-order valence-corrected chi connectivity index (χ4v) is 0.405. The third kappa shape index (κ3) is 61.4. The molecule has 0 aromatic heterocycles. The smallest absolute Gasteiger partial charge is 0.0351 e. The van der Waals surface area contributed by atoms with Crippen molar-refractivity contribution in [3.8, 4) is 0 Å². The average Bonchev–Trinajstić information content (AvgIpc) is 2.05. The quantitative estimate of drug-likeness (QED) is 0.599. The van der Waals surface area contributed by atoms with E-state index in [-0.39, 0.29) is 0 Å². The largest absolute Gasteiger partial charge is 0.388 e.